The summed E-state index contributed by atoms with van der Waals surface area (Å²) in [5.74, 6) is 2.75. The minimum absolute atomic E-state index is 0.0423. The zero-order valence-corrected chi connectivity index (χ0v) is 14.4. The molecule has 1 aromatic heterocycles. The molecule has 2 heterocycles. The molecule has 0 bridgehead atoms. The van der Waals surface area contributed by atoms with Crippen LogP contribution in [-0.2, 0) is 5.60 Å². The van der Waals surface area contributed by atoms with Crippen LogP contribution < -0.4 is 9.47 Å². The van der Waals surface area contributed by atoms with Gasteiger partial charge in [-0.15, -0.1) is 0 Å². The summed E-state index contributed by atoms with van der Waals surface area (Å²) in [7, 11) is 1.70. The third kappa shape index (κ3) is 2.16. The molecule has 1 aliphatic rings. The van der Waals surface area contributed by atoms with Crippen molar-refractivity contribution in [3.8, 4) is 22.8 Å². The van der Waals surface area contributed by atoms with Crippen molar-refractivity contribution in [3.63, 3.8) is 0 Å². The van der Waals surface area contributed by atoms with Crippen molar-refractivity contribution < 1.29 is 9.47 Å². The number of methoxy groups -OCH3 is 1. The predicted molar refractivity (Wildman–Crippen MR) is 81.0 cm³/mol. The first-order valence-corrected chi connectivity index (χ1v) is 9.04. The third-order valence-corrected chi connectivity index (χ3v) is 6.30. The van der Waals surface area contributed by atoms with Gasteiger partial charge in [-0.2, -0.15) is 0 Å². The SMILES string of the molecule is CCSc1cc2c(cc1OC)-c1nn[se]c1C(C)(C)O2. The van der Waals surface area contributed by atoms with Gasteiger partial charge in [-0.3, -0.25) is 0 Å². The summed E-state index contributed by atoms with van der Waals surface area (Å²) in [5, 5.41) is 4.34. The van der Waals surface area contributed by atoms with Crippen molar-refractivity contribution in [2.24, 2.45) is 0 Å². The Labute approximate surface area is 128 Å². The van der Waals surface area contributed by atoms with Gasteiger partial charge in [0.05, 0.1) is 0 Å². The Kier molecular flexibility index (Phi) is 3.56. The van der Waals surface area contributed by atoms with E-state index in [4.69, 9.17) is 9.47 Å². The molecule has 0 spiro atoms. The molecule has 6 heteroatoms. The molecule has 1 aromatic carbocycles. The molecule has 0 saturated carbocycles. The molecular weight excluding hydrogens is 339 g/mol. The molecule has 0 fully saturated rings. The number of benzene rings is 1. The van der Waals surface area contributed by atoms with Crippen LogP contribution in [0.5, 0.6) is 11.5 Å². The molecule has 4 nitrogen and oxygen atoms in total. The van der Waals surface area contributed by atoms with Crippen LogP contribution in [0.2, 0.25) is 0 Å². The Morgan fingerprint density at radius 3 is 2.90 bits per heavy atom. The van der Waals surface area contributed by atoms with E-state index in [2.05, 4.69) is 36.0 Å². The number of thioether (sulfide) groups is 1. The summed E-state index contributed by atoms with van der Waals surface area (Å²) in [4.78, 5) is 1.11. The third-order valence-electron chi connectivity index (χ3n) is 3.22. The summed E-state index contributed by atoms with van der Waals surface area (Å²) in [6, 6.07) is 4.09. The van der Waals surface area contributed by atoms with Crippen LogP contribution >= 0.6 is 11.8 Å². The summed E-state index contributed by atoms with van der Waals surface area (Å²) >= 11 is 1.80. The quantitative estimate of drug-likeness (QED) is 0.626. The van der Waals surface area contributed by atoms with Crippen LogP contribution in [0.4, 0.5) is 0 Å². The summed E-state index contributed by atoms with van der Waals surface area (Å²) in [6.45, 7) is 6.29. The Morgan fingerprint density at radius 1 is 1.40 bits per heavy atom. The van der Waals surface area contributed by atoms with Crippen LogP contribution in [0.15, 0.2) is 17.0 Å². The van der Waals surface area contributed by atoms with E-state index in [9.17, 15) is 0 Å². The maximum absolute atomic E-state index is 6.19. The fraction of sp³-hybridized carbons (Fsp3) is 0.429. The van der Waals surface area contributed by atoms with E-state index in [1.807, 2.05) is 6.07 Å². The molecule has 2 aromatic rings. The Bertz CT molecular complexity index is 655. The number of hydrogen-bond acceptors (Lipinski definition) is 5. The number of hydrogen-bond donors (Lipinski definition) is 0. The zero-order valence-electron chi connectivity index (χ0n) is 11.9. The first kappa shape index (κ1) is 14.0. The average Bonchev–Trinajstić information content (AvgIpc) is 2.89. The fourth-order valence-electron chi connectivity index (χ4n) is 2.32. The topological polar surface area (TPSA) is 44.2 Å². The minimum atomic E-state index is -0.325. The number of ether oxygens (including phenoxy) is 2. The Morgan fingerprint density at radius 2 is 2.20 bits per heavy atom. The van der Waals surface area contributed by atoms with Crippen LogP contribution in [0, 0.1) is 0 Å². The van der Waals surface area contributed by atoms with Crippen molar-refractivity contribution in [3.05, 3.63) is 16.6 Å². The first-order valence-electron chi connectivity index (χ1n) is 6.44. The number of fused-ring (bicyclic) bond motifs is 3. The van der Waals surface area contributed by atoms with E-state index < -0.39 is 0 Å². The van der Waals surface area contributed by atoms with Crippen LogP contribution in [0.1, 0.15) is 25.2 Å². The van der Waals surface area contributed by atoms with Gasteiger partial charge in [0.2, 0.25) is 0 Å². The van der Waals surface area contributed by atoms with E-state index in [0.29, 0.717) is 0 Å². The standard InChI is InChI=1S/C14H16N2O2SSe/c1-5-19-11-7-9-8(6-10(11)17-4)12-13(20-16-15-12)14(2,3)18-9/h6-7H,5H2,1-4H3. The van der Waals surface area contributed by atoms with Crippen molar-refractivity contribution in [1.29, 1.82) is 0 Å². The molecule has 0 radical (unpaired) electrons. The van der Waals surface area contributed by atoms with Gasteiger partial charge in [0.25, 0.3) is 0 Å². The number of nitrogens with zero attached hydrogens (tertiary/aromatic N) is 2. The van der Waals surface area contributed by atoms with Crippen LogP contribution in [0.25, 0.3) is 11.3 Å². The molecule has 0 amide bonds. The van der Waals surface area contributed by atoms with Crippen molar-refractivity contribution >= 4 is 26.5 Å². The molecule has 0 aliphatic carbocycles. The number of rotatable bonds is 3. The molecule has 3 rings (SSSR count). The van der Waals surface area contributed by atoms with Gasteiger partial charge in [0, 0.05) is 0 Å². The second kappa shape index (κ2) is 5.10. The van der Waals surface area contributed by atoms with Crippen molar-refractivity contribution in [2.45, 2.75) is 31.3 Å². The summed E-state index contributed by atoms with van der Waals surface area (Å²) in [5.41, 5.74) is 1.65. The normalized spacial score (nSPS) is 15.2. The average molecular weight is 355 g/mol. The number of aromatic nitrogens is 2. The van der Waals surface area contributed by atoms with Crippen LogP contribution in [-0.4, -0.2) is 36.8 Å². The fourth-order valence-corrected chi connectivity index (χ4v) is 4.58. The Balaban J connectivity index is 2.19. The Hall–Kier alpha value is -0.971. The molecular formula is C14H16N2O2SSe. The van der Waals surface area contributed by atoms with Gasteiger partial charge in [-0.1, -0.05) is 0 Å². The zero-order chi connectivity index (χ0) is 14.3. The molecule has 1 aliphatic heterocycles. The maximum atomic E-state index is 6.19. The second-order valence-corrected chi connectivity index (χ2v) is 7.88. The predicted octanol–water partition coefficient (Wildman–Crippen LogP) is 2.95. The summed E-state index contributed by atoms with van der Waals surface area (Å²) in [6.07, 6.45) is 0. The van der Waals surface area contributed by atoms with Crippen molar-refractivity contribution in [2.75, 3.05) is 12.9 Å². The van der Waals surface area contributed by atoms with Gasteiger partial charge < -0.3 is 0 Å². The molecule has 0 atom stereocenters. The first-order chi connectivity index (χ1) is 9.56. The monoisotopic (exact) mass is 356 g/mol. The van der Waals surface area contributed by atoms with E-state index in [1.54, 1.807) is 18.9 Å². The van der Waals surface area contributed by atoms with Gasteiger partial charge >= 0.3 is 129 Å². The van der Waals surface area contributed by atoms with Gasteiger partial charge in [0.1, 0.15) is 0 Å². The van der Waals surface area contributed by atoms with E-state index in [0.717, 1.165) is 33.4 Å². The van der Waals surface area contributed by atoms with Gasteiger partial charge in [0.15, 0.2) is 0 Å². The molecule has 0 unspecified atom stereocenters. The van der Waals surface area contributed by atoms with E-state index in [-0.39, 0.29) is 20.3 Å². The van der Waals surface area contributed by atoms with Crippen LogP contribution in [0.3, 0.4) is 0 Å². The molecule has 106 valence electrons. The molecule has 20 heavy (non-hydrogen) atoms. The molecule has 0 saturated heterocycles. The summed E-state index contributed by atoms with van der Waals surface area (Å²) < 4.78 is 17.1. The molecule has 0 N–H and O–H groups in total. The van der Waals surface area contributed by atoms with E-state index in [1.165, 1.54) is 4.44 Å². The van der Waals surface area contributed by atoms with E-state index >= 15 is 0 Å². The van der Waals surface area contributed by atoms with Crippen molar-refractivity contribution in [1.82, 2.24) is 9.19 Å². The van der Waals surface area contributed by atoms with Gasteiger partial charge in [-0.25, -0.2) is 0 Å². The van der Waals surface area contributed by atoms with Gasteiger partial charge in [-0.05, 0) is 0 Å². The second-order valence-electron chi connectivity index (χ2n) is 5.00.